The second-order valence-corrected chi connectivity index (χ2v) is 5.00. The van der Waals surface area contributed by atoms with Crippen LogP contribution in [0.2, 0.25) is 0 Å². The number of H-pyrrole nitrogens is 1. The zero-order valence-corrected chi connectivity index (χ0v) is 10.5. The van der Waals surface area contributed by atoms with Crippen LogP contribution in [0, 0.1) is 0 Å². The molecular formula is C10H9N3O2S2. The minimum absolute atomic E-state index is 0.0519. The first-order chi connectivity index (χ1) is 8.20. The molecule has 1 heterocycles. The molecule has 88 valence electrons. The van der Waals surface area contributed by atoms with Crippen LogP contribution in [0.25, 0.3) is 0 Å². The Morgan fingerprint density at radius 2 is 1.88 bits per heavy atom. The fraction of sp³-hybridized carbons (Fsp3) is 0.100. The highest BCUT2D eigenvalue weighted by Crippen LogP contribution is 2.29. The molecular weight excluding hydrogens is 258 g/mol. The third-order valence-corrected chi connectivity index (χ3v) is 3.72. The quantitative estimate of drug-likeness (QED) is 0.828. The molecule has 0 spiro atoms. The number of nitrogens with one attached hydrogen (secondary N) is 1. The van der Waals surface area contributed by atoms with E-state index in [4.69, 9.17) is 5.11 Å². The van der Waals surface area contributed by atoms with E-state index < -0.39 is 5.97 Å². The van der Waals surface area contributed by atoms with E-state index in [-0.39, 0.29) is 5.69 Å². The molecule has 0 fully saturated rings. The van der Waals surface area contributed by atoms with Crippen LogP contribution in [0.3, 0.4) is 0 Å². The number of carboxylic acids is 1. The molecule has 0 radical (unpaired) electrons. The van der Waals surface area contributed by atoms with Crippen LogP contribution in [0.4, 0.5) is 0 Å². The number of aromatic nitrogens is 3. The molecule has 7 heteroatoms. The van der Waals surface area contributed by atoms with Crippen LogP contribution in [0.1, 0.15) is 10.5 Å². The van der Waals surface area contributed by atoms with Crippen molar-refractivity contribution in [3.8, 4) is 0 Å². The topological polar surface area (TPSA) is 78.9 Å². The van der Waals surface area contributed by atoms with Crippen molar-refractivity contribution in [1.29, 1.82) is 0 Å². The Kier molecular flexibility index (Phi) is 3.70. The van der Waals surface area contributed by atoms with E-state index in [9.17, 15) is 4.79 Å². The van der Waals surface area contributed by atoms with Gasteiger partial charge >= 0.3 is 5.97 Å². The average Bonchev–Trinajstić information content (AvgIpc) is 2.78. The van der Waals surface area contributed by atoms with Crippen LogP contribution >= 0.6 is 23.5 Å². The van der Waals surface area contributed by atoms with Gasteiger partial charge in [-0.05, 0) is 30.5 Å². The second-order valence-electron chi connectivity index (χ2n) is 3.06. The first-order valence-electron chi connectivity index (χ1n) is 4.66. The Morgan fingerprint density at radius 3 is 2.47 bits per heavy atom. The monoisotopic (exact) mass is 267 g/mol. The zero-order chi connectivity index (χ0) is 12.3. The summed E-state index contributed by atoms with van der Waals surface area (Å²) in [5, 5.41) is 19.0. The predicted molar refractivity (Wildman–Crippen MR) is 65.7 cm³/mol. The SMILES string of the molecule is CSc1ccc(Sc2n[nH]nc2C(=O)O)cc1. The van der Waals surface area contributed by atoms with Crippen LogP contribution < -0.4 is 0 Å². The number of hydrogen-bond acceptors (Lipinski definition) is 5. The number of thioether (sulfide) groups is 1. The summed E-state index contributed by atoms with van der Waals surface area (Å²) in [5.41, 5.74) is -0.0519. The molecule has 2 rings (SSSR count). The van der Waals surface area contributed by atoms with E-state index in [1.807, 2.05) is 30.5 Å². The Balaban J connectivity index is 2.19. The van der Waals surface area contributed by atoms with Gasteiger partial charge in [-0.25, -0.2) is 4.79 Å². The van der Waals surface area contributed by atoms with E-state index in [0.29, 0.717) is 5.03 Å². The van der Waals surface area contributed by atoms with Crippen LogP contribution in [0.5, 0.6) is 0 Å². The molecule has 2 N–H and O–H groups in total. The third-order valence-electron chi connectivity index (χ3n) is 1.99. The number of rotatable bonds is 4. The molecule has 0 aliphatic heterocycles. The number of hydrogen-bond donors (Lipinski definition) is 2. The molecule has 17 heavy (non-hydrogen) atoms. The molecule has 0 unspecified atom stereocenters. The average molecular weight is 267 g/mol. The van der Waals surface area contributed by atoms with Crippen molar-refractivity contribution in [2.24, 2.45) is 0 Å². The number of carbonyl (C=O) groups is 1. The molecule has 0 amide bonds. The Morgan fingerprint density at radius 1 is 1.24 bits per heavy atom. The summed E-state index contributed by atoms with van der Waals surface area (Å²) in [6, 6.07) is 7.81. The molecule has 0 saturated carbocycles. The van der Waals surface area contributed by atoms with E-state index in [0.717, 1.165) is 9.79 Å². The Labute approximate surface area is 106 Å². The third kappa shape index (κ3) is 2.80. The summed E-state index contributed by atoms with van der Waals surface area (Å²) in [5.74, 6) is -1.08. The summed E-state index contributed by atoms with van der Waals surface area (Å²) >= 11 is 2.93. The standard InChI is InChI=1S/C10H9N3O2S2/c1-16-6-2-4-7(5-3-6)17-9-8(10(14)15)11-13-12-9/h2-5H,1H3,(H,14,15)(H,11,12,13). The van der Waals surface area contributed by atoms with Crippen molar-refractivity contribution >= 4 is 29.5 Å². The number of carboxylic acid groups (broad SMARTS) is 1. The maximum absolute atomic E-state index is 10.8. The highest BCUT2D eigenvalue weighted by Gasteiger charge is 2.15. The Hall–Kier alpha value is -1.47. The molecule has 0 aliphatic rings. The lowest BCUT2D eigenvalue weighted by Crippen LogP contribution is -1.98. The fourth-order valence-electron chi connectivity index (χ4n) is 1.19. The number of nitrogens with zero attached hydrogens (tertiary/aromatic N) is 2. The zero-order valence-electron chi connectivity index (χ0n) is 8.88. The van der Waals surface area contributed by atoms with E-state index in [2.05, 4.69) is 15.4 Å². The van der Waals surface area contributed by atoms with Gasteiger partial charge in [-0.15, -0.1) is 22.0 Å². The maximum atomic E-state index is 10.8. The van der Waals surface area contributed by atoms with Crippen LogP contribution in [-0.4, -0.2) is 32.7 Å². The summed E-state index contributed by atoms with van der Waals surface area (Å²) in [6.45, 7) is 0. The van der Waals surface area contributed by atoms with Gasteiger partial charge in [0.2, 0.25) is 5.69 Å². The predicted octanol–water partition coefficient (Wildman–Crippen LogP) is 2.38. The lowest BCUT2D eigenvalue weighted by Gasteiger charge is -2.00. The lowest BCUT2D eigenvalue weighted by molar-refractivity contribution is 0.0686. The normalized spacial score (nSPS) is 10.4. The maximum Gasteiger partial charge on any atom is 0.359 e. The molecule has 2 aromatic rings. The summed E-state index contributed by atoms with van der Waals surface area (Å²) < 4.78 is 0. The van der Waals surface area contributed by atoms with Crippen LogP contribution in [-0.2, 0) is 0 Å². The largest absolute Gasteiger partial charge is 0.476 e. The molecule has 0 aliphatic carbocycles. The van der Waals surface area contributed by atoms with Gasteiger partial charge in [0.25, 0.3) is 0 Å². The van der Waals surface area contributed by atoms with Gasteiger partial charge in [0.05, 0.1) is 0 Å². The van der Waals surface area contributed by atoms with E-state index in [1.165, 1.54) is 11.8 Å². The Bertz CT molecular complexity index is 525. The summed E-state index contributed by atoms with van der Waals surface area (Å²) in [4.78, 5) is 12.9. The first kappa shape index (κ1) is 12.0. The van der Waals surface area contributed by atoms with Crippen molar-refractivity contribution < 1.29 is 9.90 Å². The van der Waals surface area contributed by atoms with Crippen molar-refractivity contribution in [2.45, 2.75) is 14.8 Å². The molecule has 0 bridgehead atoms. The lowest BCUT2D eigenvalue weighted by atomic mass is 10.4. The fourth-order valence-corrected chi connectivity index (χ4v) is 2.41. The highest BCUT2D eigenvalue weighted by atomic mass is 32.2. The van der Waals surface area contributed by atoms with Gasteiger partial charge in [-0.3, -0.25) is 0 Å². The van der Waals surface area contributed by atoms with Crippen molar-refractivity contribution in [3.05, 3.63) is 30.0 Å². The number of benzene rings is 1. The highest BCUT2D eigenvalue weighted by molar-refractivity contribution is 7.99. The second kappa shape index (κ2) is 5.24. The number of aromatic carboxylic acids is 1. The van der Waals surface area contributed by atoms with E-state index >= 15 is 0 Å². The smallest absolute Gasteiger partial charge is 0.359 e. The van der Waals surface area contributed by atoms with Crippen molar-refractivity contribution in [1.82, 2.24) is 15.4 Å². The number of aromatic amines is 1. The molecule has 0 atom stereocenters. The van der Waals surface area contributed by atoms with Crippen molar-refractivity contribution in [3.63, 3.8) is 0 Å². The van der Waals surface area contributed by atoms with Crippen LogP contribution in [0.15, 0.2) is 39.1 Å². The molecule has 5 nitrogen and oxygen atoms in total. The molecule has 1 aromatic carbocycles. The minimum Gasteiger partial charge on any atom is -0.476 e. The van der Waals surface area contributed by atoms with Gasteiger partial charge < -0.3 is 5.11 Å². The molecule has 1 aromatic heterocycles. The van der Waals surface area contributed by atoms with Crippen molar-refractivity contribution in [2.75, 3.05) is 6.26 Å². The van der Waals surface area contributed by atoms with Gasteiger partial charge in [-0.2, -0.15) is 5.21 Å². The van der Waals surface area contributed by atoms with E-state index in [1.54, 1.807) is 11.8 Å². The van der Waals surface area contributed by atoms with Gasteiger partial charge in [0.1, 0.15) is 0 Å². The van der Waals surface area contributed by atoms with Gasteiger partial charge in [0, 0.05) is 9.79 Å². The minimum atomic E-state index is -1.08. The molecule has 0 saturated heterocycles. The van der Waals surface area contributed by atoms with Gasteiger partial charge in [0.15, 0.2) is 5.03 Å². The summed E-state index contributed by atoms with van der Waals surface area (Å²) in [6.07, 6.45) is 2.00. The summed E-state index contributed by atoms with van der Waals surface area (Å²) in [7, 11) is 0. The first-order valence-corrected chi connectivity index (χ1v) is 6.71. The van der Waals surface area contributed by atoms with Gasteiger partial charge in [-0.1, -0.05) is 11.8 Å².